The number of aliphatic hydroxyl groups is 1. The van der Waals surface area contributed by atoms with Gasteiger partial charge < -0.3 is 9.52 Å². The number of benzene rings is 2. The van der Waals surface area contributed by atoms with Crippen LogP contribution in [0.3, 0.4) is 0 Å². The maximum atomic E-state index is 9.63. The van der Waals surface area contributed by atoms with E-state index in [1.165, 1.54) is 25.7 Å². The Balaban J connectivity index is 1.92. The third-order valence-electron chi connectivity index (χ3n) is 6.20. The molecule has 0 saturated heterocycles. The summed E-state index contributed by atoms with van der Waals surface area (Å²) in [5, 5.41) is 10.8. The molecule has 2 aliphatic rings. The van der Waals surface area contributed by atoms with Crippen LogP contribution in [0.2, 0.25) is 0 Å². The number of hydrogen-bond acceptors (Lipinski definition) is 2. The summed E-state index contributed by atoms with van der Waals surface area (Å²) in [5.74, 6) is 1.88. The second-order valence-electron chi connectivity index (χ2n) is 7.54. The summed E-state index contributed by atoms with van der Waals surface area (Å²) in [7, 11) is 0. The van der Waals surface area contributed by atoms with Crippen molar-refractivity contribution in [3.8, 4) is 11.3 Å². The van der Waals surface area contributed by atoms with E-state index in [4.69, 9.17) is 4.42 Å². The van der Waals surface area contributed by atoms with Crippen LogP contribution in [0, 0.1) is 5.92 Å². The van der Waals surface area contributed by atoms with Gasteiger partial charge in [0.2, 0.25) is 0 Å². The fourth-order valence-electron chi connectivity index (χ4n) is 5.31. The van der Waals surface area contributed by atoms with E-state index in [2.05, 4.69) is 78.1 Å². The zero-order chi connectivity index (χ0) is 17.9. The smallest absolute Gasteiger partial charge is 0.139 e. The van der Waals surface area contributed by atoms with Crippen molar-refractivity contribution in [1.29, 1.82) is 0 Å². The Bertz CT molecular complexity index is 1030. The Morgan fingerprint density at radius 3 is 2.73 bits per heavy atom. The van der Waals surface area contributed by atoms with Crippen molar-refractivity contribution in [2.24, 2.45) is 5.92 Å². The molecular weight excluding hydrogens is 435 g/mol. The van der Waals surface area contributed by atoms with Crippen LogP contribution >= 0.6 is 22.6 Å². The molecule has 0 aliphatic heterocycles. The Morgan fingerprint density at radius 1 is 1.12 bits per heavy atom. The summed E-state index contributed by atoms with van der Waals surface area (Å²) in [6.07, 6.45) is 4.17. The van der Waals surface area contributed by atoms with Gasteiger partial charge >= 0.3 is 0 Å². The molecular formula is C23H21IO2. The van der Waals surface area contributed by atoms with E-state index in [9.17, 15) is 5.11 Å². The van der Waals surface area contributed by atoms with Gasteiger partial charge in [-0.2, -0.15) is 0 Å². The number of allylic oxidation sites excluding steroid dienone is 2. The maximum Gasteiger partial charge on any atom is 0.139 e. The number of para-hydroxylation sites is 1. The quantitative estimate of drug-likeness (QED) is 0.478. The van der Waals surface area contributed by atoms with Crippen LogP contribution < -0.4 is 0 Å². The molecule has 2 nitrogen and oxygen atoms in total. The summed E-state index contributed by atoms with van der Waals surface area (Å²) in [6, 6.07) is 17.1. The van der Waals surface area contributed by atoms with Crippen molar-refractivity contribution in [2.45, 2.75) is 31.1 Å². The van der Waals surface area contributed by atoms with E-state index in [1.807, 2.05) is 6.07 Å². The minimum Gasteiger partial charge on any atom is -0.456 e. The van der Waals surface area contributed by atoms with Crippen molar-refractivity contribution in [1.82, 2.24) is 0 Å². The summed E-state index contributed by atoms with van der Waals surface area (Å²) in [4.78, 5) is 0. The van der Waals surface area contributed by atoms with Crippen molar-refractivity contribution in [3.05, 3.63) is 69.3 Å². The zero-order valence-electron chi connectivity index (χ0n) is 14.7. The van der Waals surface area contributed by atoms with Crippen LogP contribution in [0.5, 0.6) is 0 Å². The van der Waals surface area contributed by atoms with Gasteiger partial charge in [0.05, 0.1) is 0 Å². The van der Waals surface area contributed by atoms with Gasteiger partial charge in [0.25, 0.3) is 0 Å². The molecule has 132 valence electrons. The molecule has 2 aromatic carbocycles. The molecule has 2 aliphatic carbocycles. The average molecular weight is 456 g/mol. The molecule has 0 amide bonds. The highest BCUT2D eigenvalue weighted by atomic mass is 127. The van der Waals surface area contributed by atoms with E-state index < -0.39 is 0 Å². The summed E-state index contributed by atoms with van der Waals surface area (Å²) >= 11 is 2.54. The highest BCUT2D eigenvalue weighted by Gasteiger charge is 2.55. The first kappa shape index (κ1) is 16.6. The van der Waals surface area contributed by atoms with Gasteiger partial charge in [-0.05, 0) is 56.6 Å². The van der Waals surface area contributed by atoms with Gasteiger partial charge in [-0.15, -0.1) is 0 Å². The topological polar surface area (TPSA) is 33.4 Å². The third kappa shape index (κ3) is 2.01. The molecule has 5 rings (SSSR count). The molecule has 0 radical (unpaired) electrons. The Hall–Kier alpha value is -1.59. The highest BCUT2D eigenvalue weighted by Crippen LogP contribution is 2.65. The van der Waals surface area contributed by atoms with E-state index in [0.717, 1.165) is 24.2 Å². The van der Waals surface area contributed by atoms with E-state index >= 15 is 0 Å². The Labute approximate surface area is 167 Å². The molecule has 1 aromatic heterocycles. The molecule has 0 unspecified atom stereocenters. The summed E-state index contributed by atoms with van der Waals surface area (Å²) in [6.45, 7) is 2.55. The van der Waals surface area contributed by atoms with Crippen molar-refractivity contribution in [3.63, 3.8) is 0 Å². The number of fused-ring (bicyclic) bond motifs is 8. The highest BCUT2D eigenvalue weighted by molar-refractivity contribution is 14.1. The lowest BCUT2D eigenvalue weighted by molar-refractivity contribution is 0.257. The number of aliphatic hydroxyl groups excluding tert-OH is 1. The minimum absolute atomic E-state index is 0.0982. The van der Waals surface area contributed by atoms with Gasteiger partial charge in [-0.1, -0.05) is 55.5 Å². The lowest BCUT2D eigenvalue weighted by Gasteiger charge is -2.43. The van der Waals surface area contributed by atoms with Gasteiger partial charge in [-0.25, -0.2) is 0 Å². The lowest BCUT2D eigenvalue weighted by Crippen LogP contribution is -2.36. The van der Waals surface area contributed by atoms with Gasteiger partial charge in [0.15, 0.2) is 0 Å². The maximum absolute atomic E-state index is 9.63. The Morgan fingerprint density at radius 2 is 1.88 bits per heavy atom. The van der Waals surface area contributed by atoms with Gasteiger partial charge in [-0.3, -0.25) is 0 Å². The van der Waals surface area contributed by atoms with Crippen molar-refractivity contribution in [2.75, 3.05) is 6.61 Å². The zero-order valence-corrected chi connectivity index (χ0v) is 16.9. The summed E-state index contributed by atoms with van der Waals surface area (Å²) < 4.78 is 7.81. The van der Waals surface area contributed by atoms with Crippen molar-refractivity contribution >= 4 is 33.6 Å². The average Bonchev–Trinajstić information content (AvgIpc) is 3.16. The minimum atomic E-state index is -0.0982. The predicted molar refractivity (Wildman–Crippen MR) is 114 cm³/mol. The molecule has 3 heteroatoms. The molecule has 0 fully saturated rings. The van der Waals surface area contributed by atoms with Crippen LogP contribution in [0.15, 0.2) is 62.6 Å². The number of halogens is 1. The second-order valence-corrected chi connectivity index (χ2v) is 8.70. The van der Waals surface area contributed by atoms with Gasteiger partial charge in [0.1, 0.15) is 11.3 Å². The molecule has 3 aromatic rings. The van der Waals surface area contributed by atoms with E-state index in [-0.39, 0.29) is 12.0 Å². The first-order valence-electron chi connectivity index (χ1n) is 9.28. The first-order valence-corrected chi connectivity index (χ1v) is 10.4. The van der Waals surface area contributed by atoms with Crippen LogP contribution in [-0.2, 0) is 5.41 Å². The fraction of sp³-hybridized carbons (Fsp3) is 0.304. The van der Waals surface area contributed by atoms with Crippen LogP contribution in [-0.4, -0.2) is 11.7 Å². The van der Waals surface area contributed by atoms with Crippen molar-refractivity contribution < 1.29 is 9.52 Å². The van der Waals surface area contributed by atoms with Crippen LogP contribution in [0.1, 0.15) is 36.8 Å². The monoisotopic (exact) mass is 456 g/mol. The van der Waals surface area contributed by atoms with Crippen LogP contribution in [0.4, 0.5) is 0 Å². The normalized spacial score (nSPS) is 26.3. The SMILES string of the molecule is C[C@@H]1C=C(I)[C@@]2(CCCO)c3c(oc4ccccc34)-c3ccccc3[C@@H]12. The number of rotatable bonds is 3. The number of hydrogen-bond donors (Lipinski definition) is 1. The number of furan rings is 1. The van der Waals surface area contributed by atoms with E-state index in [1.54, 1.807) is 0 Å². The lowest BCUT2D eigenvalue weighted by atomic mass is 9.60. The summed E-state index contributed by atoms with van der Waals surface area (Å²) in [5.41, 5.74) is 4.80. The van der Waals surface area contributed by atoms with Gasteiger partial charge in [0, 0.05) is 34.5 Å². The largest absolute Gasteiger partial charge is 0.456 e. The third-order valence-corrected chi connectivity index (χ3v) is 7.53. The van der Waals surface area contributed by atoms with E-state index in [0.29, 0.717) is 11.8 Å². The molecule has 0 saturated carbocycles. The first-order chi connectivity index (χ1) is 12.7. The molecule has 26 heavy (non-hydrogen) atoms. The van der Waals surface area contributed by atoms with Crippen LogP contribution in [0.25, 0.3) is 22.3 Å². The Kier molecular flexibility index (Phi) is 3.80. The fourth-order valence-corrected chi connectivity index (χ4v) is 6.75. The molecule has 1 heterocycles. The molecule has 3 atom stereocenters. The molecule has 0 bridgehead atoms. The second kappa shape index (κ2) is 5.96. The standard InChI is InChI=1S/C23H21IO2/c1-14-13-19(24)23(11-6-12-25)20(14)15-7-2-3-8-16(15)22-21(23)17-9-4-5-10-18(17)26-22/h2-5,7-10,13-14,20,25H,6,11-12H2,1H3/t14-,20-,23-/m1/s1. The predicted octanol–water partition coefficient (Wildman–Crippen LogP) is 6.18. The molecule has 0 spiro atoms. The molecule has 1 N–H and O–H groups in total.